The van der Waals surface area contributed by atoms with Crippen molar-refractivity contribution in [2.75, 3.05) is 27.2 Å². The maximum atomic E-state index is 12.9. The number of thiophene rings is 1. The smallest absolute Gasteiger partial charge is 0.228 e. The highest BCUT2D eigenvalue weighted by atomic mass is 32.1. The lowest BCUT2D eigenvalue weighted by Gasteiger charge is -2.29. The molecule has 3 heterocycles. The molecule has 1 aromatic heterocycles. The molecule has 2 aliphatic heterocycles. The molecule has 2 aliphatic rings. The Morgan fingerprint density at radius 1 is 1.38 bits per heavy atom. The SMILES string of the molecule is CN(C)CCN(Cc1cccs1)C(=O)[C@@H]1C[C@H]2CC[C@H]1O2. The van der Waals surface area contributed by atoms with E-state index in [0.29, 0.717) is 6.10 Å². The van der Waals surface area contributed by atoms with Crippen molar-refractivity contribution < 1.29 is 9.53 Å². The number of amides is 1. The number of fused-ring (bicyclic) bond motifs is 2. The summed E-state index contributed by atoms with van der Waals surface area (Å²) < 4.78 is 5.86. The van der Waals surface area contributed by atoms with E-state index in [1.54, 1.807) is 11.3 Å². The van der Waals surface area contributed by atoms with Crippen LogP contribution < -0.4 is 0 Å². The number of rotatable bonds is 6. The number of carbonyl (C=O) groups excluding carboxylic acids is 1. The molecule has 0 saturated carbocycles. The summed E-state index contributed by atoms with van der Waals surface area (Å²) in [6.07, 6.45) is 3.62. The molecule has 4 nitrogen and oxygen atoms in total. The van der Waals surface area contributed by atoms with Gasteiger partial charge in [-0.3, -0.25) is 4.79 Å². The molecular formula is C16H24N2O2S. The summed E-state index contributed by atoms with van der Waals surface area (Å²) in [5, 5.41) is 2.07. The number of carbonyl (C=O) groups is 1. The fourth-order valence-electron chi connectivity index (χ4n) is 3.31. The first-order valence-electron chi connectivity index (χ1n) is 7.75. The Morgan fingerprint density at radius 3 is 2.81 bits per heavy atom. The fraction of sp³-hybridized carbons (Fsp3) is 0.688. The Kier molecular flexibility index (Phi) is 4.62. The minimum Gasteiger partial charge on any atom is -0.374 e. The Bertz CT molecular complexity index is 475. The van der Waals surface area contributed by atoms with Crippen molar-refractivity contribution in [3.63, 3.8) is 0 Å². The highest BCUT2D eigenvalue weighted by Gasteiger charge is 2.45. The number of nitrogens with zero attached hydrogens (tertiary/aromatic N) is 2. The van der Waals surface area contributed by atoms with Gasteiger partial charge in [-0.2, -0.15) is 0 Å². The van der Waals surface area contributed by atoms with Gasteiger partial charge in [-0.05, 0) is 44.8 Å². The van der Waals surface area contributed by atoms with Crippen molar-refractivity contribution in [1.82, 2.24) is 9.80 Å². The predicted molar refractivity (Wildman–Crippen MR) is 84.3 cm³/mol. The van der Waals surface area contributed by atoms with E-state index in [1.807, 2.05) is 4.90 Å². The average molecular weight is 308 g/mol. The molecule has 0 aliphatic carbocycles. The molecule has 2 fully saturated rings. The molecule has 3 atom stereocenters. The lowest BCUT2D eigenvalue weighted by Crippen LogP contribution is -2.42. The summed E-state index contributed by atoms with van der Waals surface area (Å²) in [6, 6.07) is 4.16. The maximum absolute atomic E-state index is 12.9. The van der Waals surface area contributed by atoms with Crippen molar-refractivity contribution in [3.05, 3.63) is 22.4 Å². The van der Waals surface area contributed by atoms with Gasteiger partial charge < -0.3 is 14.5 Å². The zero-order valence-corrected chi connectivity index (χ0v) is 13.6. The van der Waals surface area contributed by atoms with Crippen molar-refractivity contribution in [1.29, 1.82) is 0 Å². The first kappa shape index (κ1) is 15.0. The van der Waals surface area contributed by atoms with E-state index in [9.17, 15) is 4.79 Å². The average Bonchev–Trinajstić information content (AvgIpc) is 3.19. The van der Waals surface area contributed by atoms with Gasteiger partial charge in [0, 0.05) is 18.0 Å². The zero-order chi connectivity index (χ0) is 14.8. The second-order valence-corrected chi connectivity index (χ2v) is 7.39. The molecule has 21 heavy (non-hydrogen) atoms. The van der Waals surface area contributed by atoms with Crippen molar-refractivity contribution >= 4 is 17.2 Å². The summed E-state index contributed by atoms with van der Waals surface area (Å²) >= 11 is 1.72. The summed E-state index contributed by atoms with van der Waals surface area (Å²) in [5.41, 5.74) is 0. The van der Waals surface area contributed by atoms with Gasteiger partial charge in [-0.15, -0.1) is 11.3 Å². The van der Waals surface area contributed by atoms with E-state index < -0.39 is 0 Å². The van der Waals surface area contributed by atoms with Crippen LogP contribution in [0.25, 0.3) is 0 Å². The van der Waals surface area contributed by atoms with Crippen LogP contribution in [0.4, 0.5) is 0 Å². The summed E-state index contributed by atoms with van der Waals surface area (Å²) in [5.74, 6) is 0.378. The van der Waals surface area contributed by atoms with Gasteiger partial charge in [-0.1, -0.05) is 6.07 Å². The van der Waals surface area contributed by atoms with E-state index >= 15 is 0 Å². The summed E-state index contributed by atoms with van der Waals surface area (Å²) in [7, 11) is 4.10. The van der Waals surface area contributed by atoms with E-state index in [1.165, 1.54) is 4.88 Å². The molecule has 1 amide bonds. The molecule has 0 spiro atoms. The Hall–Kier alpha value is -0.910. The lowest BCUT2D eigenvalue weighted by molar-refractivity contribution is -0.138. The normalized spacial score (nSPS) is 27.5. The highest BCUT2D eigenvalue weighted by Crippen LogP contribution is 2.39. The second kappa shape index (κ2) is 6.46. The quantitative estimate of drug-likeness (QED) is 0.808. The molecule has 1 aromatic rings. The van der Waals surface area contributed by atoms with Crippen LogP contribution in [-0.2, 0) is 16.1 Å². The third kappa shape index (κ3) is 3.47. The molecule has 0 N–H and O–H groups in total. The molecule has 5 heteroatoms. The van der Waals surface area contributed by atoms with Crippen LogP contribution >= 0.6 is 11.3 Å². The number of likely N-dealkylation sites (N-methyl/N-ethyl adjacent to an activating group) is 1. The van der Waals surface area contributed by atoms with Gasteiger partial charge >= 0.3 is 0 Å². The minimum absolute atomic E-state index is 0.0888. The van der Waals surface area contributed by atoms with Gasteiger partial charge in [0.1, 0.15) is 0 Å². The standard InChI is InChI=1S/C16H24N2O2S/c1-17(2)7-8-18(11-13-4-3-9-21-13)16(19)14-10-12-5-6-15(14)20-12/h3-4,9,12,14-15H,5-8,10-11H2,1-2H3/t12-,14-,15-/m1/s1. The molecule has 0 radical (unpaired) electrons. The van der Waals surface area contributed by atoms with E-state index in [2.05, 4.69) is 36.5 Å². The van der Waals surface area contributed by atoms with Gasteiger partial charge in [0.25, 0.3) is 0 Å². The van der Waals surface area contributed by atoms with Gasteiger partial charge in [-0.25, -0.2) is 0 Å². The van der Waals surface area contributed by atoms with Crippen LogP contribution in [0.5, 0.6) is 0 Å². The summed E-state index contributed by atoms with van der Waals surface area (Å²) in [4.78, 5) is 18.3. The highest BCUT2D eigenvalue weighted by molar-refractivity contribution is 7.09. The molecule has 3 rings (SSSR count). The predicted octanol–water partition coefficient (Wildman–Crippen LogP) is 2.21. The third-order valence-corrected chi connectivity index (χ3v) is 5.34. The molecule has 2 saturated heterocycles. The Morgan fingerprint density at radius 2 is 2.24 bits per heavy atom. The lowest BCUT2D eigenvalue weighted by atomic mass is 9.88. The molecule has 0 aromatic carbocycles. The third-order valence-electron chi connectivity index (χ3n) is 4.48. The first-order chi connectivity index (χ1) is 10.1. The molecule has 0 unspecified atom stereocenters. The topological polar surface area (TPSA) is 32.8 Å². The van der Waals surface area contributed by atoms with Crippen LogP contribution in [0, 0.1) is 5.92 Å². The second-order valence-electron chi connectivity index (χ2n) is 6.36. The number of ether oxygens (including phenoxy) is 1. The van der Waals surface area contributed by atoms with Crippen LogP contribution in [-0.4, -0.2) is 55.1 Å². The number of hydrogen-bond acceptors (Lipinski definition) is 4. The molecule has 116 valence electrons. The monoisotopic (exact) mass is 308 g/mol. The van der Waals surface area contributed by atoms with Gasteiger partial charge in [0.05, 0.1) is 24.7 Å². The van der Waals surface area contributed by atoms with Gasteiger partial charge in [0.15, 0.2) is 0 Å². The van der Waals surface area contributed by atoms with Crippen LogP contribution in [0.3, 0.4) is 0 Å². The first-order valence-corrected chi connectivity index (χ1v) is 8.63. The fourth-order valence-corrected chi connectivity index (χ4v) is 4.03. The van der Waals surface area contributed by atoms with Crippen LogP contribution in [0.2, 0.25) is 0 Å². The van der Waals surface area contributed by atoms with Crippen molar-refractivity contribution in [3.8, 4) is 0 Å². The van der Waals surface area contributed by atoms with Crippen LogP contribution in [0.15, 0.2) is 17.5 Å². The van der Waals surface area contributed by atoms with Crippen LogP contribution in [0.1, 0.15) is 24.1 Å². The zero-order valence-electron chi connectivity index (χ0n) is 12.8. The van der Waals surface area contributed by atoms with Crippen molar-refractivity contribution in [2.45, 2.75) is 38.0 Å². The van der Waals surface area contributed by atoms with Crippen molar-refractivity contribution in [2.24, 2.45) is 5.92 Å². The Balaban J connectivity index is 1.66. The largest absolute Gasteiger partial charge is 0.374 e. The Labute approximate surface area is 130 Å². The van der Waals surface area contributed by atoms with E-state index in [4.69, 9.17) is 4.74 Å². The maximum Gasteiger partial charge on any atom is 0.228 e. The van der Waals surface area contributed by atoms with E-state index in [0.717, 1.165) is 38.9 Å². The van der Waals surface area contributed by atoms with Gasteiger partial charge in [0.2, 0.25) is 5.91 Å². The molecular weight excluding hydrogens is 284 g/mol. The summed E-state index contributed by atoms with van der Waals surface area (Å²) in [6.45, 7) is 2.43. The minimum atomic E-state index is 0.0888. The molecule has 2 bridgehead atoms. The van der Waals surface area contributed by atoms with E-state index in [-0.39, 0.29) is 17.9 Å². The number of hydrogen-bond donors (Lipinski definition) is 0.